The van der Waals surface area contributed by atoms with Gasteiger partial charge in [-0.25, -0.2) is 8.42 Å². The first kappa shape index (κ1) is 20.1. The minimum Gasteiger partial charge on any atom is -0.348 e. The molecule has 0 heterocycles. The smallest absolute Gasteiger partial charge is 0.235 e. The predicted octanol–water partition coefficient (Wildman–Crippen LogP) is 2.94. The van der Waals surface area contributed by atoms with E-state index in [-0.39, 0.29) is 25.0 Å². The molecule has 6 heteroatoms. The highest BCUT2D eigenvalue weighted by atomic mass is 32.2. The minimum atomic E-state index is -3.50. The van der Waals surface area contributed by atoms with Gasteiger partial charge in [0.2, 0.25) is 15.9 Å². The van der Waals surface area contributed by atoms with Gasteiger partial charge in [0, 0.05) is 6.54 Å². The van der Waals surface area contributed by atoms with E-state index in [9.17, 15) is 13.2 Å². The predicted molar refractivity (Wildman–Crippen MR) is 104 cm³/mol. The number of carbonyl (C=O) groups excluding carboxylic acids is 1. The second-order valence-corrected chi connectivity index (χ2v) is 8.65. The maximum atomic E-state index is 12.5. The SMILES string of the molecule is Cc1ccc(C)c([C@H](C)NC(=O)CN(Cc2ccccc2)S(C)(=O)=O)c1. The van der Waals surface area contributed by atoms with Crippen molar-refractivity contribution in [2.75, 3.05) is 12.8 Å². The average molecular weight is 375 g/mol. The van der Waals surface area contributed by atoms with E-state index in [1.807, 2.05) is 69.3 Å². The molecule has 0 aliphatic carbocycles. The van der Waals surface area contributed by atoms with Gasteiger partial charge < -0.3 is 5.32 Å². The molecule has 140 valence electrons. The molecule has 2 rings (SSSR count). The molecule has 0 aliphatic heterocycles. The zero-order chi connectivity index (χ0) is 19.3. The number of benzene rings is 2. The Balaban J connectivity index is 2.08. The summed E-state index contributed by atoms with van der Waals surface area (Å²) in [7, 11) is -3.50. The summed E-state index contributed by atoms with van der Waals surface area (Å²) in [6.07, 6.45) is 1.12. The van der Waals surface area contributed by atoms with E-state index in [1.165, 1.54) is 4.31 Å². The first-order valence-corrected chi connectivity index (χ1v) is 10.4. The van der Waals surface area contributed by atoms with Crippen LogP contribution < -0.4 is 5.32 Å². The third-order valence-electron chi connectivity index (χ3n) is 4.27. The monoisotopic (exact) mass is 374 g/mol. The van der Waals surface area contributed by atoms with Crippen molar-refractivity contribution in [3.05, 3.63) is 70.8 Å². The van der Waals surface area contributed by atoms with Crippen molar-refractivity contribution < 1.29 is 13.2 Å². The number of rotatable bonds is 7. The van der Waals surface area contributed by atoms with Crippen molar-refractivity contribution >= 4 is 15.9 Å². The molecule has 0 fully saturated rings. The molecule has 0 saturated heterocycles. The lowest BCUT2D eigenvalue weighted by atomic mass is 10.00. The molecule has 0 unspecified atom stereocenters. The van der Waals surface area contributed by atoms with Crippen LogP contribution >= 0.6 is 0 Å². The summed E-state index contributed by atoms with van der Waals surface area (Å²) >= 11 is 0. The Hall–Kier alpha value is -2.18. The van der Waals surface area contributed by atoms with Crippen LogP contribution in [0.25, 0.3) is 0 Å². The molecule has 5 nitrogen and oxygen atoms in total. The van der Waals surface area contributed by atoms with Crippen LogP contribution in [-0.2, 0) is 21.4 Å². The molecule has 0 aliphatic rings. The topological polar surface area (TPSA) is 66.5 Å². The van der Waals surface area contributed by atoms with Crippen LogP contribution in [0.15, 0.2) is 48.5 Å². The maximum Gasteiger partial charge on any atom is 0.235 e. The first-order valence-electron chi connectivity index (χ1n) is 8.52. The van der Waals surface area contributed by atoms with Crippen molar-refractivity contribution in [3.63, 3.8) is 0 Å². The van der Waals surface area contributed by atoms with Crippen LogP contribution in [-0.4, -0.2) is 31.4 Å². The molecule has 1 N–H and O–H groups in total. The van der Waals surface area contributed by atoms with Gasteiger partial charge in [0.05, 0.1) is 18.8 Å². The van der Waals surface area contributed by atoms with Crippen molar-refractivity contribution in [2.45, 2.75) is 33.4 Å². The van der Waals surface area contributed by atoms with E-state index < -0.39 is 10.0 Å². The van der Waals surface area contributed by atoms with E-state index in [2.05, 4.69) is 5.32 Å². The summed E-state index contributed by atoms with van der Waals surface area (Å²) in [6.45, 7) is 5.87. The van der Waals surface area contributed by atoms with Crippen LogP contribution in [0.3, 0.4) is 0 Å². The third-order valence-corrected chi connectivity index (χ3v) is 5.47. The van der Waals surface area contributed by atoms with Gasteiger partial charge in [0.1, 0.15) is 0 Å². The second-order valence-electron chi connectivity index (χ2n) is 6.67. The molecule has 26 heavy (non-hydrogen) atoms. The molecule has 2 aromatic rings. The number of hydrogen-bond donors (Lipinski definition) is 1. The largest absolute Gasteiger partial charge is 0.348 e. The molecular formula is C20H26N2O3S. The highest BCUT2D eigenvalue weighted by Gasteiger charge is 2.22. The van der Waals surface area contributed by atoms with Crippen molar-refractivity contribution in [1.29, 1.82) is 0 Å². The van der Waals surface area contributed by atoms with E-state index in [4.69, 9.17) is 0 Å². The zero-order valence-electron chi connectivity index (χ0n) is 15.7. The fourth-order valence-corrected chi connectivity index (χ4v) is 3.56. The lowest BCUT2D eigenvalue weighted by molar-refractivity contribution is -0.122. The van der Waals surface area contributed by atoms with Crippen LogP contribution in [0.2, 0.25) is 0 Å². The number of sulfonamides is 1. The summed E-state index contributed by atoms with van der Waals surface area (Å²) in [5.41, 5.74) is 4.09. The van der Waals surface area contributed by atoms with E-state index in [0.29, 0.717) is 0 Å². The number of nitrogens with zero attached hydrogens (tertiary/aromatic N) is 1. The van der Waals surface area contributed by atoms with Gasteiger partial charge in [-0.05, 0) is 37.5 Å². The van der Waals surface area contributed by atoms with Gasteiger partial charge in [-0.3, -0.25) is 4.79 Å². The number of aryl methyl sites for hydroxylation is 2. The van der Waals surface area contributed by atoms with Gasteiger partial charge in [-0.2, -0.15) is 4.31 Å². The molecule has 1 amide bonds. The Labute approximate surface area is 156 Å². The highest BCUT2D eigenvalue weighted by molar-refractivity contribution is 7.88. The molecule has 0 spiro atoms. The van der Waals surface area contributed by atoms with Gasteiger partial charge in [-0.1, -0.05) is 54.1 Å². The molecular weight excluding hydrogens is 348 g/mol. The Morgan fingerprint density at radius 2 is 1.77 bits per heavy atom. The second kappa shape index (κ2) is 8.47. The lowest BCUT2D eigenvalue weighted by Crippen LogP contribution is -2.40. The number of amides is 1. The first-order chi connectivity index (χ1) is 12.2. The van der Waals surface area contributed by atoms with E-state index in [1.54, 1.807) is 0 Å². The maximum absolute atomic E-state index is 12.5. The van der Waals surface area contributed by atoms with Gasteiger partial charge in [0.25, 0.3) is 0 Å². The summed E-state index contributed by atoms with van der Waals surface area (Å²) < 4.78 is 25.3. The number of carbonyl (C=O) groups is 1. The Bertz CT molecular complexity index is 864. The summed E-state index contributed by atoms with van der Waals surface area (Å²) in [4.78, 5) is 12.5. The molecule has 0 radical (unpaired) electrons. The summed E-state index contributed by atoms with van der Waals surface area (Å²) in [5.74, 6) is -0.320. The molecule has 0 bridgehead atoms. The Morgan fingerprint density at radius 1 is 1.12 bits per heavy atom. The number of nitrogens with one attached hydrogen (secondary N) is 1. The van der Waals surface area contributed by atoms with Crippen molar-refractivity contribution in [1.82, 2.24) is 9.62 Å². The van der Waals surface area contributed by atoms with E-state index >= 15 is 0 Å². The summed E-state index contributed by atoms with van der Waals surface area (Å²) in [6, 6.07) is 15.1. The fourth-order valence-electron chi connectivity index (χ4n) is 2.83. The third kappa shape index (κ3) is 5.68. The van der Waals surface area contributed by atoms with Crippen LogP contribution in [0.4, 0.5) is 0 Å². The van der Waals surface area contributed by atoms with Gasteiger partial charge in [-0.15, -0.1) is 0 Å². The molecule has 0 aromatic heterocycles. The quantitative estimate of drug-likeness (QED) is 0.810. The zero-order valence-corrected chi connectivity index (χ0v) is 16.5. The van der Waals surface area contributed by atoms with Crippen LogP contribution in [0, 0.1) is 13.8 Å². The minimum absolute atomic E-state index is 0.172. The molecule has 2 aromatic carbocycles. The standard InChI is InChI=1S/C20H26N2O3S/c1-15-10-11-16(2)19(12-15)17(3)21-20(23)14-22(26(4,24)25)13-18-8-6-5-7-9-18/h5-12,17H,13-14H2,1-4H3,(H,21,23)/t17-/m0/s1. The normalized spacial score (nSPS) is 12.8. The average Bonchev–Trinajstić information content (AvgIpc) is 2.56. The van der Waals surface area contributed by atoms with Gasteiger partial charge in [0.15, 0.2) is 0 Å². The molecule has 0 saturated carbocycles. The van der Waals surface area contributed by atoms with Gasteiger partial charge >= 0.3 is 0 Å². The summed E-state index contributed by atoms with van der Waals surface area (Å²) in [5, 5.41) is 2.91. The molecule has 1 atom stereocenters. The van der Waals surface area contributed by atoms with E-state index in [0.717, 1.165) is 28.5 Å². The van der Waals surface area contributed by atoms with Crippen LogP contribution in [0.5, 0.6) is 0 Å². The van der Waals surface area contributed by atoms with Crippen molar-refractivity contribution in [3.8, 4) is 0 Å². The van der Waals surface area contributed by atoms with Crippen LogP contribution in [0.1, 0.15) is 35.2 Å². The number of hydrogen-bond acceptors (Lipinski definition) is 3. The fraction of sp³-hybridized carbons (Fsp3) is 0.350. The Kier molecular flexibility index (Phi) is 6.56. The highest BCUT2D eigenvalue weighted by Crippen LogP contribution is 2.19. The Morgan fingerprint density at radius 3 is 2.38 bits per heavy atom. The van der Waals surface area contributed by atoms with Crippen molar-refractivity contribution in [2.24, 2.45) is 0 Å². The lowest BCUT2D eigenvalue weighted by Gasteiger charge is -2.22.